The fraction of sp³-hybridized carbons (Fsp3) is 0.409. The largest absolute Gasteiger partial charge is 0.492 e. The number of carbonyl (C=O) groups excluding carboxylic acids is 1. The third-order valence-corrected chi connectivity index (χ3v) is 7.35. The van der Waals surface area contributed by atoms with Crippen LogP contribution in [0.5, 0.6) is 11.5 Å². The van der Waals surface area contributed by atoms with Gasteiger partial charge in [-0.3, -0.25) is 4.79 Å². The van der Waals surface area contributed by atoms with Gasteiger partial charge in [-0.2, -0.15) is 4.31 Å². The molecule has 1 atom stereocenters. The highest BCUT2D eigenvalue weighted by molar-refractivity contribution is 7.89. The van der Waals surface area contributed by atoms with E-state index in [-0.39, 0.29) is 17.4 Å². The van der Waals surface area contributed by atoms with Crippen molar-refractivity contribution in [1.29, 1.82) is 0 Å². The Balaban J connectivity index is 1.42. The lowest BCUT2D eigenvalue weighted by Gasteiger charge is -2.16. The van der Waals surface area contributed by atoms with Crippen LogP contribution in [0.2, 0.25) is 5.02 Å². The third-order valence-electron chi connectivity index (χ3n) is 5.01. The Bertz CT molecular complexity index is 1010. The van der Waals surface area contributed by atoms with Crippen molar-refractivity contribution in [3.8, 4) is 11.5 Å². The molecule has 3 rings (SSSR count). The van der Waals surface area contributed by atoms with Crippen LogP contribution in [0.1, 0.15) is 25.3 Å². The van der Waals surface area contributed by atoms with Gasteiger partial charge in [-0.25, -0.2) is 8.42 Å². The van der Waals surface area contributed by atoms with Crippen molar-refractivity contribution in [3.05, 3.63) is 53.1 Å². The molecule has 0 aliphatic carbocycles. The van der Waals surface area contributed by atoms with Crippen LogP contribution in [0.15, 0.2) is 47.4 Å². The first-order chi connectivity index (χ1) is 14.8. The zero-order chi connectivity index (χ0) is 22.4. The molecule has 1 heterocycles. The number of nitrogens with one attached hydrogen (secondary N) is 1. The molecular formula is C22H27ClN2O5S. The summed E-state index contributed by atoms with van der Waals surface area (Å²) in [6.07, 6.45) is 1.13. The van der Waals surface area contributed by atoms with Crippen LogP contribution >= 0.6 is 11.6 Å². The van der Waals surface area contributed by atoms with Crippen molar-refractivity contribution in [2.75, 3.05) is 26.2 Å². The van der Waals surface area contributed by atoms with Crippen LogP contribution in [0.3, 0.4) is 0 Å². The minimum atomic E-state index is -3.43. The quantitative estimate of drug-likeness (QED) is 0.572. The molecule has 1 saturated heterocycles. The molecule has 9 heteroatoms. The summed E-state index contributed by atoms with van der Waals surface area (Å²) in [5.41, 5.74) is 0.874. The van der Waals surface area contributed by atoms with Gasteiger partial charge in [-0.1, -0.05) is 11.6 Å². The van der Waals surface area contributed by atoms with Crippen LogP contribution in [0.25, 0.3) is 0 Å². The van der Waals surface area contributed by atoms with Gasteiger partial charge < -0.3 is 14.8 Å². The van der Waals surface area contributed by atoms with Crippen LogP contribution in [-0.2, 0) is 14.8 Å². The molecule has 31 heavy (non-hydrogen) atoms. The normalized spacial score (nSPS) is 15.5. The molecule has 2 aromatic carbocycles. The van der Waals surface area contributed by atoms with Crippen LogP contribution in [0, 0.1) is 6.92 Å². The highest BCUT2D eigenvalue weighted by Gasteiger charge is 2.26. The topological polar surface area (TPSA) is 84.9 Å². The molecule has 1 amide bonds. The van der Waals surface area contributed by atoms with E-state index < -0.39 is 16.1 Å². The molecule has 1 fully saturated rings. The molecule has 168 valence electrons. The second-order valence-corrected chi connectivity index (χ2v) is 9.74. The van der Waals surface area contributed by atoms with E-state index in [0.29, 0.717) is 36.2 Å². The molecule has 1 aliphatic heterocycles. The van der Waals surface area contributed by atoms with Gasteiger partial charge in [0.25, 0.3) is 5.91 Å². The molecule has 0 spiro atoms. The summed E-state index contributed by atoms with van der Waals surface area (Å²) >= 11 is 5.99. The molecule has 1 unspecified atom stereocenters. The zero-order valence-corrected chi connectivity index (χ0v) is 19.2. The summed E-state index contributed by atoms with van der Waals surface area (Å²) in [4.78, 5) is 12.5. The highest BCUT2D eigenvalue weighted by atomic mass is 35.5. The minimum Gasteiger partial charge on any atom is -0.492 e. The number of hydrogen-bond acceptors (Lipinski definition) is 5. The molecule has 0 bridgehead atoms. The van der Waals surface area contributed by atoms with Gasteiger partial charge >= 0.3 is 0 Å². The number of aryl methyl sites for hydroxylation is 1. The number of benzene rings is 2. The van der Waals surface area contributed by atoms with Crippen molar-refractivity contribution in [1.82, 2.24) is 9.62 Å². The number of ether oxygens (including phenoxy) is 2. The fourth-order valence-corrected chi connectivity index (χ4v) is 4.85. The first-order valence-electron chi connectivity index (χ1n) is 10.2. The maximum Gasteiger partial charge on any atom is 0.260 e. The Kier molecular flexibility index (Phi) is 7.80. The van der Waals surface area contributed by atoms with Gasteiger partial charge in [0.15, 0.2) is 6.10 Å². The van der Waals surface area contributed by atoms with Crippen LogP contribution < -0.4 is 14.8 Å². The lowest BCUT2D eigenvalue weighted by atomic mass is 10.2. The highest BCUT2D eigenvalue weighted by Crippen LogP contribution is 2.23. The standard InChI is InChI=1S/C22H27ClN2O5S/c1-16-15-19(7-10-21(16)23)30-17(2)22(26)24-11-14-29-18-5-8-20(9-6-18)31(27,28)25-12-3-4-13-25/h5-10,15,17H,3-4,11-14H2,1-2H3,(H,24,26). The van der Waals surface area contributed by atoms with E-state index in [9.17, 15) is 13.2 Å². The number of carbonyl (C=O) groups is 1. The van der Waals surface area contributed by atoms with Crippen molar-refractivity contribution >= 4 is 27.5 Å². The minimum absolute atomic E-state index is 0.247. The summed E-state index contributed by atoms with van der Waals surface area (Å²) in [5.74, 6) is 0.851. The van der Waals surface area contributed by atoms with E-state index in [1.165, 1.54) is 4.31 Å². The number of sulfonamides is 1. The average molecular weight is 467 g/mol. The molecule has 1 N–H and O–H groups in total. The summed E-state index contributed by atoms with van der Waals surface area (Å²) in [7, 11) is -3.43. The number of hydrogen-bond donors (Lipinski definition) is 1. The van der Waals surface area contributed by atoms with Crippen LogP contribution in [-0.4, -0.2) is 51.0 Å². The molecule has 7 nitrogen and oxygen atoms in total. The van der Waals surface area contributed by atoms with Crippen LogP contribution in [0.4, 0.5) is 0 Å². The van der Waals surface area contributed by atoms with Crippen molar-refractivity contribution in [2.24, 2.45) is 0 Å². The monoisotopic (exact) mass is 466 g/mol. The summed E-state index contributed by atoms with van der Waals surface area (Å²) in [6.45, 7) is 5.21. The van der Waals surface area contributed by atoms with Gasteiger partial charge in [-0.05, 0) is 74.7 Å². The number of amides is 1. The second-order valence-electron chi connectivity index (χ2n) is 7.39. The molecule has 0 aromatic heterocycles. The summed E-state index contributed by atoms with van der Waals surface area (Å²) in [5, 5.41) is 3.40. The SMILES string of the molecule is Cc1cc(OC(C)C(=O)NCCOc2ccc(S(=O)(=O)N3CCCC3)cc2)ccc1Cl. The maximum atomic E-state index is 12.5. The van der Waals surface area contributed by atoms with E-state index in [4.69, 9.17) is 21.1 Å². The summed E-state index contributed by atoms with van der Waals surface area (Å²) < 4.78 is 37.8. The molecular weight excluding hydrogens is 440 g/mol. The van der Waals surface area contributed by atoms with E-state index in [0.717, 1.165) is 18.4 Å². The Hall–Kier alpha value is -2.29. The molecule has 1 aliphatic rings. The van der Waals surface area contributed by atoms with Gasteiger partial charge in [0, 0.05) is 18.1 Å². The molecule has 0 saturated carbocycles. The Morgan fingerprint density at radius 3 is 2.42 bits per heavy atom. The number of nitrogens with zero attached hydrogens (tertiary/aromatic N) is 1. The Morgan fingerprint density at radius 2 is 1.77 bits per heavy atom. The smallest absolute Gasteiger partial charge is 0.260 e. The predicted molar refractivity (Wildman–Crippen MR) is 119 cm³/mol. The first kappa shape index (κ1) is 23.4. The lowest BCUT2D eigenvalue weighted by molar-refractivity contribution is -0.127. The molecule has 0 radical (unpaired) electrons. The number of halogens is 1. The van der Waals surface area contributed by atoms with E-state index in [2.05, 4.69) is 5.32 Å². The van der Waals surface area contributed by atoms with Crippen molar-refractivity contribution < 1.29 is 22.7 Å². The van der Waals surface area contributed by atoms with Gasteiger partial charge in [0.2, 0.25) is 10.0 Å². The second kappa shape index (κ2) is 10.3. The first-order valence-corrected chi connectivity index (χ1v) is 12.0. The maximum absolute atomic E-state index is 12.5. The number of rotatable bonds is 9. The van der Waals surface area contributed by atoms with E-state index in [1.807, 2.05) is 6.92 Å². The third kappa shape index (κ3) is 6.12. The Labute approximate surface area is 188 Å². The summed E-state index contributed by atoms with van der Waals surface area (Å²) in [6, 6.07) is 11.6. The van der Waals surface area contributed by atoms with E-state index in [1.54, 1.807) is 49.4 Å². The van der Waals surface area contributed by atoms with Gasteiger partial charge in [-0.15, -0.1) is 0 Å². The fourth-order valence-electron chi connectivity index (χ4n) is 3.22. The van der Waals surface area contributed by atoms with Crippen molar-refractivity contribution in [3.63, 3.8) is 0 Å². The Morgan fingerprint density at radius 1 is 1.13 bits per heavy atom. The zero-order valence-electron chi connectivity index (χ0n) is 17.6. The van der Waals surface area contributed by atoms with Gasteiger partial charge in [0.1, 0.15) is 18.1 Å². The van der Waals surface area contributed by atoms with Gasteiger partial charge in [0.05, 0.1) is 11.4 Å². The van der Waals surface area contributed by atoms with E-state index >= 15 is 0 Å². The lowest BCUT2D eigenvalue weighted by Crippen LogP contribution is -2.38. The molecule has 2 aromatic rings. The predicted octanol–water partition coefficient (Wildman–Crippen LogP) is 3.40. The van der Waals surface area contributed by atoms with Crippen molar-refractivity contribution in [2.45, 2.75) is 37.7 Å². The average Bonchev–Trinajstić information content (AvgIpc) is 3.30.